The van der Waals surface area contributed by atoms with Crippen LogP contribution in [0.5, 0.6) is 0 Å². The van der Waals surface area contributed by atoms with Crippen LogP contribution in [0.3, 0.4) is 0 Å². The van der Waals surface area contributed by atoms with E-state index in [1.807, 2.05) is 6.08 Å². The van der Waals surface area contributed by atoms with Crippen molar-refractivity contribution in [3.63, 3.8) is 0 Å². The van der Waals surface area contributed by atoms with Crippen LogP contribution in [0.1, 0.15) is 97.9 Å². The van der Waals surface area contributed by atoms with Crippen molar-refractivity contribution in [3.05, 3.63) is 58.3 Å². The number of hydrogen-bond donors (Lipinski definition) is 2. The summed E-state index contributed by atoms with van der Waals surface area (Å²) >= 11 is 0. The fourth-order valence-electron chi connectivity index (χ4n) is 10.6. The van der Waals surface area contributed by atoms with Gasteiger partial charge in [-0.15, -0.1) is 0 Å². The molecule has 5 fully saturated rings. The summed E-state index contributed by atoms with van der Waals surface area (Å²) in [7, 11) is 0. The Balaban J connectivity index is 1.21. The van der Waals surface area contributed by atoms with Crippen molar-refractivity contribution >= 4 is 10.9 Å². The lowest BCUT2D eigenvalue weighted by atomic mass is 9.40. The smallest absolute Gasteiger partial charge is 0.178 e. The molecule has 10 atom stereocenters. The van der Waals surface area contributed by atoms with E-state index in [1.54, 1.807) is 0 Å². The van der Waals surface area contributed by atoms with E-state index >= 15 is 0 Å². The van der Waals surface area contributed by atoms with Crippen molar-refractivity contribution in [1.29, 1.82) is 0 Å². The molecule has 2 N–H and O–H groups in total. The van der Waals surface area contributed by atoms with Gasteiger partial charge in [-0.05, 0) is 109 Å². The Morgan fingerprint density at radius 1 is 0.977 bits per heavy atom. The molecule has 1 spiro atoms. The maximum atomic E-state index is 13.3. The van der Waals surface area contributed by atoms with E-state index < -0.39 is 28.5 Å². The molecule has 6 nitrogen and oxygen atoms in total. The second-order valence-corrected chi connectivity index (χ2v) is 16.0. The van der Waals surface area contributed by atoms with Gasteiger partial charge in [-0.3, -0.25) is 0 Å². The normalized spacial score (nSPS) is 45.1. The molecular weight excluding hydrogens is 538 g/mol. The molecule has 6 heteroatoms. The van der Waals surface area contributed by atoms with Crippen LogP contribution in [0, 0.1) is 11.3 Å². The molecule has 1 aromatic heterocycles. The number of H-pyrrole nitrogens is 1. The Labute approximate surface area is 256 Å². The Bertz CT molecular complexity index is 1560. The highest BCUT2D eigenvalue weighted by Crippen LogP contribution is 2.75. The zero-order chi connectivity index (χ0) is 30.3. The van der Waals surface area contributed by atoms with Gasteiger partial charge in [-0.25, -0.2) is 0 Å². The number of rotatable bonds is 3. The highest BCUT2D eigenvalue weighted by molar-refractivity contribution is 5.89. The van der Waals surface area contributed by atoms with Crippen LogP contribution in [0.4, 0.5) is 0 Å². The van der Waals surface area contributed by atoms with E-state index in [9.17, 15) is 5.11 Å². The molecule has 2 saturated carbocycles. The van der Waals surface area contributed by atoms with Gasteiger partial charge in [0.15, 0.2) is 11.9 Å². The number of allylic oxidation sites excluding steroid dienone is 3. The van der Waals surface area contributed by atoms with Gasteiger partial charge in [0.2, 0.25) is 0 Å². The number of ether oxygens (including phenoxy) is 4. The Hall–Kier alpha value is -1.96. The first-order valence-electron chi connectivity index (χ1n) is 16.6. The van der Waals surface area contributed by atoms with Crippen molar-refractivity contribution in [2.24, 2.45) is 11.3 Å². The first-order chi connectivity index (χ1) is 20.3. The van der Waals surface area contributed by atoms with Crippen LogP contribution in [0.25, 0.3) is 10.9 Å². The Morgan fingerprint density at radius 2 is 1.77 bits per heavy atom. The van der Waals surface area contributed by atoms with Crippen molar-refractivity contribution in [3.8, 4) is 0 Å². The van der Waals surface area contributed by atoms with Crippen molar-refractivity contribution in [2.75, 3.05) is 0 Å². The van der Waals surface area contributed by atoms with Gasteiger partial charge in [-0.2, -0.15) is 0 Å². The lowest BCUT2D eigenvalue weighted by molar-refractivity contribution is -0.343. The molecule has 3 aliphatic heterocycles. The Morgan fingerprint density at radius 3 is 2.51 bits per heavy atom. The molecule has 6 aliphatic rings. The van der Waals surface area contributed by atoms with Gasteiger partial charge >= 0.3 is 0 Å². The maximum absolute atomic E-state index is 13.3. The number of epoxide rings is 1. The van der Waals surface area contributed by atoms with Crippen LogP contribution < -0.4 is 0 Å². The quantitative estimate of drug-likeness (QED) is 0.304. The van der Waals surface area contributed by atoms with Gasteiger partial charge in [0.25, 0.3) is 0 Å². The highest BCUT2D eigenvalue weighted by atomic mass is 16.8. The largest absolute Gasteiger partial charge is 0.386 e. The van der Waals surface area contributed by atoms with Crippen LogP contribution >= 0.6 is 0 Å². The van der Waals surface area contributed by atoms with E-state index in [0.29, 0.717) is 5.92 Å². The molecule has 2 unspecified atom stereocenters. The van der Waals surface area contributed by atoms with E-state index in [0.717, 1.165) is 44.1 Å². The first kappa shape index (κ1) is 28.5. The van der Waals surface area contributed by atoms with Gasteiger partial charge in [0, 0.05) is 27.4 Å². The number of aromatic nitrogens is 1. The van der Waals surface area contributed by atoms with Crippen molar-refractivity contribution in [1.82, 2.24) is 4.98 Å². The van der Waals surface area contributed by atoms with E-state index in [2.05, 4.69) is 84.6 Å². The van der Waals surface area contributed by atoms with Crippen molar-refractivity contribution < 1.29 is 24.1 Å². The minimum Gasteiger partial charge on any atom is -0.386 e. The van der Waals surface area contributed by atoms with E-state index in [-0.39, 0.29) is 29.8 Å². The average Bonchev–Trinajstić information content (AvgIpc) is 3.50. The standard InChI is InChI=1S/C37H49NO5/c1-20(2)12-13-22-10-9-11-25-28(22)24-19-23-14-17-36(39)34(7,35(23,8)30(24)38-25)16-15-26-37(36)32(43-37)29-31(40-26)33(5,6)42-27(41-29)18-21(3)4/h9-12,18,23,26-27,29,31-32,38-39H,13-17,19H2,1-8H3/t23?,26?,27-,29+,31-,32-,34+,35+,36-,37-/m0/s1. The molecule has 4 heterocycles. The summed E-state index contributed by atoms with van der Waals surface area (Å²) in [5.74, 6) is 0.475. The van der Waals surface area contributed by atoms with Crippen LogP contribution in [-0.2, 0) is 37.2 Å². The van der Waals surface area contributed by atoms with Gasteiger partial charge in [0.05, 0.1) is 11.7 Å². The van der Waals surface area contributed by atoms with E-state index in [1.165, 1.54) is 33.3 Å². The first-order valence-corrected chi connectivity index (χ1v) is 16.6. The molecule has 3 saturated heterocycles. The Kier molecular flexibility index (Phi) is 5.87. The van der Waals surface area contributed by atoms with Gasteiger partial charge in [0.1, 0.15) is 23.9 Å². The lowest BCUT2D eigenvalue weighted by Gasteiger charge is -2.66. The minimum absolute atomic E-state index is 0.178. The summed E-state index contributed by atoms with van der Waals surface area (Å²) in [5.41, 5.74) is 4.99. The fourth-order valence-corrected chi connectivity index (χ4v) is 10.6. The summed E-state index contributed by atoms with van der Waals surface area (Å²) in [6.07, 6.45) is 8.43. The number of aliphatic hydroxyl groups is 1. The van der Waals surface area contributed by atoms with Crippen LogP contribution in [0.2, 0.25) is 0 Å². The molecule has 3 aliphatic carbocycles. The molecule has 2 aromatic rings. The predicted octanol–water partition coefficient (Wildman–Crippen LogP) is 6.82. The third kappa shape index (κ3) is 3.43. The maximum Gasteiger partial charge on any atom is 0.178 e. The number of hydrogen-bond acceptors (Lipinski definition) is 5. The molecular formula is C37H49NO5. The SMILES string of the molecule is CC(C)=CCc1cccc2[nH]c3c(c12)CC1CC[C@]2(O)[C@](C)(CCC4O[C@H]5[C@@H](O[C@H](C=C(C)C)OC5(C)C)[C@@H]5O[C@@]452)[C@@]31C. The van der Waals surface area contributed by atoms with Crippen LogP contribution in [-0.4, -0.2) is 57.6 Å². The molecule has 8 rings (SSSR count). The molecule has 1 aromatic carbocycles. The second-order valence-electron chi connectivity index (χ2n) is 16.0. The zero-order valence-electron chi connectivity index (χ0n) is 27.2. The molecule has 43 heavy (non-hydrogen) atoms. The molecule has 232 valence electrons. The fraction of sp³-hybridized carbons (Fsp3) is 0.676. The monoisotopic (exact) mass is 587 g/mol. The third-order valence-electron chi connectivity index (χ3n) is 12.9. The number of aromatic amines is 1. The summed E-state index contributed by atoms with van der Waals surface area (Å²) in [6.45, 7) is 17.5. The number of nitrogens with one attached hydrogen (secondary N) is 1. The zero-order valence-corrected chi connectivity index (χ0v) is 27.2. The van der Waals surface area contributed by atoms with Gasteiger partial charge < -0.3 is 29.0 Å². The third-order valence-corrected chi connectivity index (χ3v) is 12.9. The summed E-state index contributed by atoms with van der Waals surface area (Å²) < 4.78 is 26.7. The topological polar surface area (TPSA) is 76.2 Å². The lowest BCUT2D eigenvalue weighted by Crippen LogP contribution is -2.77. The molecule has 0 bridgehead atoms. The summed E-state index contributed by atoms with van der Waals surface area (Å²) in [5, 5.41) is 14.7. The van der Waals surface area contributed by atoms with E-state index in [4.69, 9.17) is 18.9 Å². The minimum atomic E-state index is -1.04. The van der Waals surface area contributed by atoms with Gasteiger partial charge in [-0.1, -0.05) is 43.2 Å². The number of fused-ring (bicyclic) bond motifs is 9. The predicted molar refractivity (Wildman–Crippen MR) is 167 cm³/mol. The number of benzene rings is 1. The van der Waals surface area contributed by atoms with Crippen molar-refractivity contribution in [2.45, 2.75) is 147 Å². The highest BCUT2D eigenvalue weighted by Gasteiger charge is 2.87. The molecule has 0 radical (unpaired) electrons. The second kappa shape index (κ2) is 8.85. The van der Waals surface area contributed by atoms with Crippen LogP contribution in [0.15, 0.2) is 41.5 Å². The average molecular weight is 588 g/mol. The summed E-state index contributed by atoms with van der Waals surface area (Å²) in [6, 6.07) is 6.70. The molecule has 0 amide bonds. The summed E-state index contributed by atoms with van der Waals surface area (Å²) in [4.78, 5) is 3.95.